The van der Waals surface area contributed by atoms with Crippen molar-refractivity contribution < 1.29 is 14.3 Å². The van der Waals surface area contributed by atoms with E-state index in [0.717, 1.165) is 0 Å². The Bertz CT molecular complexity index is 312. The van der Waals surface area contributed by atoms with Crippen LogP contribution in [-0.4, -0.2) is 5.97 Å². The summed E-state index contributed by atoms with van der Waals surface area (Å²) in [6.07, 6.45) is -0.452. The second-order valence-corrected chi connectivity index (χ2v) is 2.67. The molecule has 0 bridgehead atoms. The predicted molar refractivity (Wildman–Crippen MR) is 40.1 cm³/mol. The molecule has 0 aliphatic rings. The highest BCUT2D eigenvalue weighted by molar-refractivity contribution is 6.30. The first-order chi connectivity index (χ1) is 5.61. The molecule has 0 saturated heterocycles. The van der Waals surface area contributed by atoms with Crippen molar-refractivity contribution in [2.45, 2.75) is 6.42 Å². The van der Waals surface area contributed by atoms with Crippen LogP contribution < -0.4 is 5.11 Å². The fourth-order valence-electron chi connectivity index (χ4n) is 0.840. The first-order valence-electron chi connectivity index (χ1n) is 3.24. The van der Waals surface area contributed by atoms with Crippen molar-refractivity contribution in [2.75, 3.05) is 0 Å². The molecule has 1 aromatic carbocycles. The molecule has 0 heterocycles. The zero-order valence-corrected chi connectivity index (χ0v) is 6.77. The lowest BCUT2D eigenvalue weighted by Gasteiger charge is -2.04. The lowest BCUT2D eigenvalue weighted by molar-refractivity contribution is -0.304. The maximum atomic E-state index is 12.9. The van der Waals surface area contributed by atoms with Gasteiger partial charge in [0.1, 0.15) is 5.82 Å². The largest absolute Gasteiger partial charge is 0.550 e. The standard InChI is InChI=1S/C8H6ClFO2/c9-6-3-1-2-5(8(6)10)4-7(11)12/h1-3H,4H2,(H,11,12)/p-1. The third-order valence-corrected chi connectivity index (χ3v) is 1.66. The molecule has 2 nitrogen and oxygen atoms in total. The summed E-state index contributed by atoms with van der Waals surface area (Å²) in [4.78, 5) is 10.1. The molecule has 0 aromatic heterocycles. The van der Waals surface area contributed by atoms with Gasteiger partial charge in [0.25, 0.3) is 0 Å². The molecule has 0 amide bonds. The minimum Gasteiger partial charge on any atom is -0.550 e. The van der Waals surface area contributed by atoms with Gasteiger partial charge in [0.05, 0.1) is 5.02 Å². The molecule has 0 unspecified atom stereocenters. The van der Waals surface area contributed by atoms with E-state index < -0.39 is 18.2 Å². The molecule has 0 aliphatic heterocycles. The third-order valence-electron chi connectivity index (χ3n) is 1.37. The molecule has 0 radical (unpaired) electrons. The molecule has 0 spiro atoms. The molecule has 1 rings (SSSR count). The van der Waals surface area contributed by atoms with E-state index in [-0.39, 0.29) is 10.6 Å². The molecule has 4 heteroatoms. The number of hydrogen-bond acceptors (Lipinski definition) is 2. The van der Waals surface area contributed by atoms with Crippen LogP contribution in [-0.2, 0) is 11.2 Å². The normalized spacial score (nSPS) is 9.83. The van der Waals surface area contributed by atoms with Crippen molar-refractivity contribution in [2.24, 2.45) is 0 Å². The Morgan fingerprint density at radius 1 is 1.58 bits per heavy atom. The molecule has 0 aliphatic carbocycles. The van der Waals surface area contributed by atoms with Crippen molar-refractivity contribution in [3.05, 3.63) is 34.6 Å². The number of aliphatic carboxylic acids is 1. The van der Waals surface area contributed by atoms with Crippen molar-refractivity contribution in [3.8, 4) is 0 Å². The van der Waals surface area contributed by atoms with Crippen LogP contribution in [0.15, 0.2) is 18.2 Å². The fourth-order valence-corrected chi connectivity index (χ4v) is 1.03. The van der Waals surface area contributed by atoms with Gasteiger partial charge < -0.3 is 9.90 Å². The topological polar surface area (TPSA) is 40.1 Å². The molecule has 0 saturated carbocycles. The Morgan fingerprint density at radius 3 is 2.83 bits per heavy atom. The highest BCUT2D eigenvalue weighted by Crippen LogP contribution is 2.17. The summed E-state index contributed by atoms with van der Waals surface area (Å²) >= 11 is 5.41. The van der Waals surface area contributed by atoms with Crippen LogP contribution >= 0.6 is 11.6 Å². The van der Waals surface area contributed by atoms with E-state index >= 15 is 0 Å². The van der Waals surface area contributed by atoms with Crippen LogP contribution in [0.2, 0.25) is 5.02 Å². The highest BCUT2D eigenvalue weighted by atomic mass is 35.5. The summed E-state index contributed by atoms with van der Waals surface area (Å²) in [5.74, 6) is -2.01. The molecular formula is C8H5ClFO2-. The lowest BCUT2D eigenvalue weighted by atomic mass is 10.1. The molecule has 1 aromatic rings. The second-order valence-electron chi connectivity index (χ2n) is 2.26. The number of carboxylic acids is 1. The second kappa shape index (κ2) is 3.54. The minimum atomic E-state index is -1.32. The zero-order valence-electron chi connectivity index (χ0n) is 6.01. The van der Waals surface area contributed by atoms with Gasteiger partial charge in [0.2, 0.25) is 0 Å². The summed E-state index contributed by atoms with van der Waals surface area (Å²) in [7, 11) is 0. The Balaban J connectivity index is 3.00. The van der Waals surface area contributed by atoms with Crippen molar-refractivity contribution >= 4 is 17.6 Å². The minimum absolute atomic E-state index is 0.0440. The summed E-state index contributed by atoms with van der Waals surface area (Å²) in [5.41, 5.74) is 0.0440. The van der Waals surface area contributed by atoms with Gasteiger partial charge in [-0.2, -0.15) is 0 Å². The Kier molecular flexibility index (Phi) is 2.65. The van der Waals surface area contributed by atoms with Crippen LogP contribution in [0.3, 0.4) is 0 Å². The Hall–Kier alpha value is -1.09. The van der Waals surface area contributed by atoms with Crippen LogP contribution in [0, 0.1) is 5.82 Å². The molecule has 0 atom stereocenters. The van der Waals surface area contributed by atoms with Crippen LogP contribution in [0.25, 0.3) is 0 Å². The Morgan fingerprint density at radius 2 is 2.25 bits per heavy atom. The number of carbonyl (C=O) groups is 1. The number of rotatable bonds is 2. The summed E-state index contributed by atoms with van der Waals surface area (Å²) in [6.45, 7) is 0. The van der Waals surface area contributed by atoms with Crippen LogP contribution in [0.5, 0.6) is 0 Å². The van der Waals surface area contributed by atoms with Crippen molar-refractivity contribution in [3.63, 3.8) is 0 Å². The van der Waals surface area contributed by atoms with E-state index in [4.69, 9.17) is 11.6 Å². The van der Waals surface area contributed by atoms with Gasteiger partial charge >= 0.3 is 0 Å². The summed E-state index contributed by atoms with van der Waals surface area (Å²) in [6, 6.07) is 4.20. The van der Waals surface area contributed by atoms with Crippen molar-refractivity contribution in [1.82, 2.24) is 0 Å². The summed E-state index contributed by atoms with van der Waals surface area (Å²) in [5, 5.41) is 10.0. The van der Waals surface area contributed by atoms with E-state index in [9.17, 15) is 14.3 Å². The number of halogens is 2. The maximum absolute atomic E-state index is 12.9. The van der Waals surface area contributed by atoms with Crippen LogP contribution in [0.1, 0.15) is 5.56 Å². The quantitative estimate of drug-likeness (QED) is 0.686. The zero-order chi connectivity index (χ0) is 9.14. The number of hydrogen-bond donors (Lipinski definition) is 0. The van der Waals surface area contributed by atoms with Gasteiger partial charge in [0, 0.05) is 12.4 Å². The molecule has 0 N–H and O–H groups in total. The average molecular weight is 188 g/mol. The van der Waals surface area contributed by atoms with Gasteiger partial charge in [-0.25, -0.2) is 4.39 Å². The third kappa shape index (κ3) is 1.95. The van der Waals surface area contributed by atoms with Crippen molar-refractivity contribution in [1.29, 1.82) is 0 Å². The van der Waals surface area contributed by atoms with Gasteiger partial charge in [-0.15, -0.1) is 0 Å². The van der Waals surface area contributed by atoms with E-state index in [1.165, 1.54) is 18.2 Å². The smallest absolute Gasteiger partial charge is 0.145 e. The number of carboxylic acid groups (broad SMARTS) is 1. The van der Waals surface area contributed by atoms with E-state index in [1.54, 1.807) is 0 Å². The first kappa shape index (κ1) is 9.00. The van der Waals surface area contributed by atoms with E-state index in [2.05, 4.69) is 0 Å². The number of carbonyl (C=O) groups excluding carboxylic acids is 1. The van der Waals surface area contributed by atoms with Gasteiger partial charge in [0.15, 0.2) is 0 Å². The lowest BCUT2D eigenvalue weighted by Crippen LogP contribution is -2.24. The summed E-state index contributed by atoms with van der Waals surface area (Å²) < 4.78 is 12.9. The van der Waals surface area contributed by atoms with E-state index in [1.807, 2.05) is 0 Å². The fraction of sp³-hybridized carbons (Fsp3) is 0.125. The Labute approximate surface area is 73.6 Å². The van der Waals surface area contributed by atoms with E-state index in [0.29, 0.717) is 0 Å². The molecular weight excluding hydrogens is 183 g/mol. The van der Waals surface area contributed by atoms with Crippen LogP contribution in [0.4, 0.5) is 4.39 Å². The van der Waals surface area contributed by atoms with Gasteiger partial charge in [-0.3, -0.25) is 0 Å². The monoisotopic (exact) mass is 187 g/mol. The van der Waals surface area contributed by atoms with Gasteiger partial charge in [-0.1, -0.05) is 23.7 Å². The molecule has 0 fully saturated rings. The molecule has 12 heavy (non-hydrogen) atoms. The molecule has 64 valence electrons. The SMILES string of the molecule is O=C([O-])Cc1cccc(Cl)c1F. The predicted octanol–water partition coefficient (Wildman–Crippen LogP) is 0.771. The highest BCUT2D eigenvalue weighted by Gasteiger charge is 2.05. The first-order valence-corrected chi connectivity index (χ1v) is 3.62. The maximum Gasteiger partial charge on any atom is 0.145 e. The number of benzene rings is 1. The average Bonchev–Trinajstić information content (AvgIpc) is 1.98. The van der Waals surface area contributed by atoms with Gasteiger partial charge in [-0.05, 0) is 11.6 Å².